The minimum atomic E-state index is -0.460. The molecule has 3 rings (SSSR count). The molecule has 0 bridgehead atoms. The molecule has 3 aromatic rings. The molecule has 0 heterocycles. The summed E-state index contributed by atoms with van der Waals surface area (Å²) in [6.45, 7) is 1.91. The first-order valence-electron chi connectivity index (χ1n) is 9.26. The van der Waals surface area contributed by atoms with E-state index in [9.17, 15) is 14.0 Å². The van der Waals surface area contributed by atoms with Crippen LogP contribution in [0.2, 0.25) is 0 Å². The lowest BCUT2D eigenvalue weighted by atomic mass is 10.1. The van der Waals surface area contributed by atoms with Gasteiger partial charge in [-0.2, -0.15) is 0 Å². The first-order valence-corrected chi connectivity index (χ1v) is 9.67. The molecule has 7 heteroatoms. The molecule has 30 heavy (non-hydrogen) atoms. The van der Waals surface area contributed by atoms with E-state index >= 15 is 0 Å². The van der Waals surface area contributed by atoms with E-state index in [2.05, 4.69) is 16.0 Å². The van der Waals surface area contributed by atoms with Gasteiger partial charge < -0.3 is 10.6 Å². The molecule has 0 fully saturated rings. The van der Waals surface area contributed by atoms with Crippen molar-refractivity contribution in [1.29, 1.82) is 0 Å². The van der Waals surface area contributed by atoms with Crippen LogP contribution in [-0.4, -0.2) is 16.9 Å². The predicted octanol–water partition coefficient (Wildman–Crippen LogP) is 4.44. The van der Waals surface area contributed by atoms with Gasteiger partial charge >= 0.3 is 0 Å². The van der Waals surface area contributed by atoms with Crippen LogP contribution in [-0.2, 0) is 0 Å². The average molecular weight is 421 g/mol. The van der Waals surface area contributed by atoms with Gasteiger partial charge in [0, 0.05) is 16.8 Å². The highest BCUT2D eigenvalue weighted by molar-refractivity contribution is 7.80. The van der Waals surface area contributed by atoms with Gasteiger partial charge in [0.2, 0.25) is 0 Å². The van der Waals surface area contributed by atoms with Gasteiger partial charge in [0.1, 0.15) is 5.82 Å². The number of rotatable bonds is 5. The van der Waals surface area contributed by atoms with Crippen molar-refractivity contribution in [2.24, 2.45) is 0 Å². The normalized spacial score (nSPS) is 11.3. The zero-order valence-corrected chi connectivity index (χ0v) is 17.0. The Morgan fingerprint density at radius 3 is 2.27 bits per heavy atom. The minimum absolute atomic E-state index is 0.0690. The predicted molar refractivity (Wildman–Crippen MR) is 119 cm³/mol. The summed E-state index contributed by atoms with van der Waals surface area (Å²) in [5.41, 5.74) is 2.29. The highest BCUT2D eigenvalue weighted by Gasteiger charge is 2.13. The number of halogens is 1. The Hall–Kier alpha value is -3.58. The zero-order valence-electron chi connectivity index (χ0n) is 16.2. The van der Waals surface area contributed by atoms with E-state index in [1.54, 1.807) is 24.3 Å². The summed E-state index contributed by atoms with van der Waals surface area (Å²) in [5, 5.41) is 8.42. The molecule has 1 atom stereocenters. The Morgan fingerprint density at radius 2 is 1.57 bits per heavy atom. The Balaban J connectivity index is 1.60. The minimum Gasteiger partial charge on any atom is -0.346 e. The lowest BCUT2D eigenvalue weighted by Gasteiger charge is -2.15. The van der Waals surface area contributed by atoms with Crippen LogP contribution >= 0.6 is 12.2 Å². The van der Waals surface area contributed by atoms with Gasteiger partial charge in [-0.05, 0) is 67.2 Å². The maximum atomic E-state index is 13.0. The molecule has 0 aliphatic heterocycles. The third-order valence-corrected chi connectivity index (χ3v) is 4.57. The Kier molecular flexibility index (Phi) is 6.87. The van der Waals surface area contributed by atoms with Crippen molar-refractivity contribution < 1.29 is 14.0 Å². The second kappa shape index (κ2) is 9.76. The van der Waals surface area contributed by atoms with E-state index in [0.717, 1.165) is 5.56 Å². The second-order valence-electron chi connectivity index (χ2n) is 6.60. The smallest absolute Gasteiger partial charge is 0.257 e. The van der Waals surface area contributed by atoms with Gasteiger partial charge in [-0.3, -0.25) is 14.9 Å². The number of anilines is 1. The van der Waals surface area contributed by atoms with Gasteiger partial charge in [-0.25, -0.2) is 4.39 Å². The fourth-order valence-corrected chi connectivity index (χ4v) is 2.99. The largest absolute Gasteiger partial charge is 0.346 e. The molecule has 0 aliphatic rings. The molecule has 0 saturated carbocycles. The number of carbonyl (C=O) groups excluding carboxylic acids is 2. The highest BCUT2D eigenvalue weighted by Crippen LogP contribution is 2.15. The maximum absolute atomic E-state index is 13.0. The Bertz CT molecular complexity index is 1060. The average Bonchev–Trinajstić information content (AvgIpc) is 2.74. The van der Waals surface area contributed by atoms with Crippen molar-refractivity contribution in [3.63, 3.8) is 0 Å². The van der Waals surface area contributed by atoms with Crippen LogP contribution in [0.15, 0.2) is 78.9 Å². The molecule has 0 aromatic heterocycles. The van der Waals surface area contributed by atoms with E-state index in [1.165, 1.54) is 24.3 Å². The second-order valence-corrected chi connectivity index (χ2v) is 7.01. The van der Waals surface area contributed by atoms with Gasteiger partial charge in [-0.1, -0.05) is 36.4 Å². The highest BCUT2D eigenvalue weighted by atomic mass is 32.1. The van der Waals surface area contributed by atoms with E-state index in [1.807, 2.05) is 37.3 Å². The molecule has 5 nitrogen and oxygen atoms in total. The van der Waals surface area contributed by atoms with Crippen molar-refractivity contribution in [3.8, 4) is 0 Å². The third-order valence-electron chi connectivity index (χ3n) is 4.36. The van der Waals surface area contributed by atoms with Crippen LogP contribution in [0.4, 0.5) is 10.1 Å². The van der Waals surface area contributed by atoms with Crippen molar-refractivity contribution in [1.82, 2.24) is 10.6 Å². The lowest BCUT2D eigenvalue weighted by Crippen LogP contribution is -2.34. The van der Waals surface area contributed by atoms with Crippen molar-refractivity contribution in [3.05, 3.63) is 101 Å². The summed E-state index contributed by atoms with van der Waals surface area (Å²) >= 11 is 5.16. The standard InChI is InChI=1S/C23H20FN3O2S/c1-15(16-6-3-2-4-7-16)25-22(29)18-8-5-9-20(14-18)26-23(30)27-21(28)17-10-12-19(24)13-11-17/h2-15H,1H3,(H,25,29)(H2,26,27,28,30). The number of amides is 2. The summed E-state index contributed by atoms with van der Waals surface area (Å²) in [4.78, 5) is 24.7. The first-order chi connectivity index (χ1) is 14.4. The van der Waals surface area contributed by atoms with Crippen LogP contribution in [0.3, 0.4) is 0 Å². The molecular weight excluding hydrogens is 401 g/mol. The first kappa shape index (κ1) is 21.1. The van der Waals surface area contributed by atoms with Gasteiger partial charge in [0.15, 0.2) is 5.11 Å². The monoisotopic (exact) mass is 421 g/mol. The number of thiocarbonyl (C=S) groups is 1. The van der Waals surface area contributed by atoms with E-state index in [-0.39, 0.29) is 22.6 Å². The van der Waals surface area contributed by atoms with Gasteiger partial charge in [0.05, 0.1) is 6.04 Å². The molecule has 3 aromatic carbocycles. The number of hydrogen-bond donors (Lipinski definition) is 3. The number of nitrogens with one attached hydrogen (secondary N) is 3. The number of carbonyl (C=O) groups is 2. The van der Waals surface area contributed by atoms with E-state index < -0.39 is 11.7 Å². The van der Waals surface area contributed by atoms with Crippen molar-refractivity contribution in [2.75, 3.05) is 5.32 Å². The Labute approximate surface area is 179 Å². The summed E-state index contributed by atoms with van der Waals surface area (Å²) in [6, 6.07) is 21.4. The van der Waals surface area contributed by atoms with Crippen LogP contribution in [0.1, 0.15) is 39.2 Å². The van der Waals surface area contributed by atoms with Crippen LogP contribution < -0.4 is 16.0 Å². The third kappa shape index (κ3) is 5.71. The van der Waals surface area contributed by atoms with Crippen LogP contribution in [0, 0.1) is 5.82 Å². The summed E-state index contributed by atoms with van der Waals surface area (Å²) in [7, 11) is 0. The van der Waals surface area contributed by atoms with Crippen LogP contribution in [0.5, 0.6) is 0 Å². The SMILES string of the molecule is CC(NC(=O)c1cccc(NC(=S)NC(=O)c2ccc(F)cc2)c1)c1ccccc1. The number of benzene rings is 3. The summed E-state index contributed by atoms with van der Waals surface area (Å²) in [5.74, 6) is -1.11. The lowest BCUT2D eigenvalue weighted by molar-refractivity contribution is 0.0938. The Morgan fingerprint density at radius 1 is 0.867 bits per heavy atom. The van der Waals surface area contributed by atoms with E-state index in [4.69, 9.17) is 12.2 Å². The molecule has 3 N–H and O–H groups in total. The molecule has 0 saturated heterocycles. The zero-order chi connectivity index (χ0) is 21.5. The van der Waals surface area contributed by atoms with Crippen LogP contribution in [0.25, 0.3) is 0 Å². The maximum Gasteiger partial charge on any atom is 0.257 e. The molecule has 0 aliphatic carbocycles. The summed E-state index contributed by atoms with van der Waals surface area (Å²) < 4.78 is 13.0. The quantitative estimate of drug-likeness (QED) is 0.533. The molecule has 1 unspecified atom stereocenters. The fraction of sp³-hybridized carbons (Fsp3) is 0.0870. The van der Waals surface area contributed by atoms with Gasteiger partial charge in [-0.15, -0.1) is 0 Å². The molecule has 152 valence electrons. The van der Waals surface area contributed by atoms with Crippen molar-refractivity contribution >= 4 is 34.8 Å². The van der Waals surface area contributed by atoms with Crippen molar-refractivity contribution in [2.45, 2.75) is 13.0 Å². The molecule has 0 spiro atoms. The topological polar surface area (TPSA) is 70.2 Å². The molecular formula is C23H20FN3O2S. The number of hydrogen-bond acceptors (Lipinski definition) is 3. The van der Waals surface area contributed by atoms with E-state index in [0.29, 0.717) is 11.3 Å². The summed E-state index contributed by atoms with van der Waals surface area (Å²) in [6.07, 6.45) is 0. The van der Waals surface area contributed by atoms with Gasteiger partial charge in [0.25, 0.3) is 11.8 Å². The fourth-order valence-electron chi connectivity index (χ4n) is 2.78. The molecule has 2 amide bonds. The molecule has 0 radical (unpaired) electrons.